The summed E-state index contributed by atoms with van der Waals surface area (Å²) in [5.74, 6) is -0.378. The van der Waals surface area contributed by atoms with Crippen LogP contribution in [0.15, 0.2) is 91.0 Å². The van der Waals surface area contributed by atoms with Crippen LogP contribution in [0.5, 0.6) is 0 Å². The molecule has 0 aliphatic rings. The van der Waals surface area contributed by atoms with Gasteiger partial charge in [0.15, 0.2) is 0 Å². The summed E-state index contributed by atoms with van der Waals surface area (Å²) in [5.41, 5.74) is 1.73. The second kappa shape index (κ2) is 21.2. The summed E-state index contributed by atoms with van der Waals surface area (Å²) < 4.78 is 5.47. The third-order valence-corrected chi connectivity index (χ3v) is 6.40. The Bertz CT molecular complexity index is 1160. The van der Waals surface area contributed by atoms with E-state index in [1.54, 1.807) is 79.5 Å². The highest BCUT2D eigenvalue weighted by Crippen LogP contribution is 2.13. The third-order valence-electron chi connectivity index (χ3n) is 6.18. The summed E-state index contributed by atoms with van der Waals surface area (Å²) in [6.45, 7) is 7.65. The number of nitrogens with one attached hydrogen (secondary N) is 1. The number of carbonyl (C=O) groups is 3. The third kappa shape index (κ3) is 15.5. The zero-order chi connectivity index (χ0) is 30.8. The van der Waals surface area contributed by atoms with Gasteiger partial charge < -0.3 is 20.1 Å². The molecule has 7 nitrogen and oxygen atoms in total. The van der Waals surface area contributed by atoms with Crippen molar-refractivity contribution in [3.63, 3.8) is 0 Å². The van der Waals surface area contributed by atoms with Crippen molar-refractivity contribution in [2.45, 2.75) is 72.3 Å². The van der Waals surface area contributed by atoms with Gasteiger partial charge in [-0.2, -0.15) is 0 Å². The van der Waals surface area contributed by atoms with Gasteiger partial charge in [-0.05, 0) is 77.0 Å². The maximum Gasteiger partial charge on any atom is 0.338 e. The molecule has 8 heteroatoms. The van der Waals surface area contributed by atoms with Gasteiger partial charge in [0.2, 0.25) is 0 Å². The van der Waals surface area contributed by atoms with E-state index in [-0.39, 0.29) is 37.6 Å². The molecule has 0 fully saturated rings. The smallest absolute Gasteiger partial charge is 0.338 e. The molecular weight excluding hydrogens is 552 g/mol. The molecule has 0 bridgehead atoms. The lowest BCUT2D eigenvalue weighted by Crippen LogP contribution is -2.37. The summed E-state index contributed by atoms with van der Waals surface area (Å²) in [4.78, 5) is 36.6. The lowest BCUT2D eigenvalue weighted by molar-refractivity contribution is 0.0268. The van der Waals surface area contributed by atoms with Crippen LogP contribution in [0.25, 0.3) is 0 Å². The van der Waals surface area contributed by atoms with Gasteiger partial charge in [-0.1, -0.05) is 74.2 Å². The fourth-order valence-electron chi connectivity index (χ4n) is 3.69. The molecule has 2 N–H and O–H groups in total. The van der Waals surface area contributed by atoms with Crippen molar-refractivity contribution in [2.75, 3.05) is 14.1 Å². The first-order chi connectivity index (χ1) is 19.5. The van der Waals surface area contributed by atoms with E-state index in [1.165, 1.54) is 0 Å². The minimum absolute atomic E-state index is 0. The molecular formula is C34H47ClN2O5. The number of benzene rings is 3. The highest BCUT2D eigenvalue weighted by Gasteiger charge is 2.21. The van der Waals surface area contributed by atoms with Gasteiger partial charge in [-0.25, -0.2) is 4.79 Å². The van der Waals surface area contributed by atoms with Crippen molar-refractivity contribution in [3.8, 4) is 0 Å². The van der Waals surface area contributed by atoms with E-state index in [2.05, 4.69) is 5.32 Å². The van der Waals surface area contributed by atoms with Crippen LogP contribution >= 0.6 is 11.6 Å². The largest absolute Gasteiger partial charge is 0.459 e. The second-order valence-electron chi connectivity index (χ2n) is 9.86. The average Bonchev–Trinajstić information content (AvgIpc) is 2.97. The minimum Gasteiger partial charge on any atom is -0.459 e. The Morgan fingerprint density at radius 3 is 1.57 bits per heavy atom. The number of ether oxygens (including phenoxy) is 1. The van der Waals surface area contributed by atoms with E-state index in [9.17, 15) is 14.4 Å². The first kappa shape index (κ1) is 38.5. The van der Waals surface area contributed by atoms with Crippen molar-refractivity contribution in [3.05, 3.63) is 108 Å². The Labute approximate surface area is 256 Å². The number of halogens is 1. The molecule has 0 aromatic heterocycles. The number of aliphatic hydroxyl groups is 1. The van der Waals surface area contributed by atoms with Crippen LogP contribution in [-0.2, 0) is 4.74 Å². The molecule has 3 aromatic rings. The van der Waals surface area contributed by atoms with Gasteiger partial charge in [-0.3, -0.25) is 9.59 Å². The van der Waals surface area contributed by atoms with E-state index in [0.717, 1.165) is 6.42 Å². The minimum atomic E-state index is -0.407. The van der Waals surface area contributed by atoms with Gasteiger partial charge in [-0.15, -0.1) is 0 Å². The van der Waals surface area contributed by atoms with E-state index >= 15 is 0 Å². The number of carbonyl (C=O) groups excluding carboxylic acids is 3. The molecule has 0 radical (unpaired) electrons. The van der Waals surface area contributed by atoms with E-state index in [1.807, 2.05) is 58.2 Å². The molecule has 4 unspecified atom stereocenters. The van der Waals surface area contributed by atoms with Gasteiger partial charge in [0.1, 0.15) is 6.10 Å². The lowest BCUT2D eigenvalue weighted by Gasteiger charge is -2.27. The number of aliphatic hydroxyl groups excluding tert-OH is 1. The molecule has 4 atom stereocenters. The van der Waals surface area contributed by atoms with E-state index < -0.39 is 5.24 Å². The number of rotatable bonds is 10. The van der Waals surface area contributed by atoms with Gasteiger partial charge >= 0.3 is 5.97 Å². The van der Waals surface area contributed by atoms with Crippen LogP contribution in [0.2, 0.25) is 0 Å². The molecule has 3 rings (SSSR count). The SMILES string of the molecule is C.CC(CC(C)N(C)C(=O)c1ccccc1)OC(=O)c1ccccc1.CNC(C)CC(C)O.O=C(Cl)c1ccccc1. The number of esters is 1. The Balaban J connectivity index is 0.000000766. The average molecular weight is 599 g/mol. The summed E-state index contributed by atoms with van der Waals surface area (Å²) in [7, 11) is 3.67. The van der Waals surface area contributed by atoms with Crippen LogP contribution in [0, 0.1) is 0 Å². The zero-order valence-corrected chi connectivity index (χ0v) is 25.5. The van der Waals surface area contributed by atoms with Gasteiger partial charge in [0.05, 0.1) is 11.7 Å². The van der Waals surface area contributed by atoms with Crippen molar-refractivity contribution in [1.82, 2.24) is 10.2 Å². The quantitative estimate of drug-likeness (QED) is 0.196. The number of nitrogens with zero attached hydrogens (tertiary/aromatic N) is 1. The summed E-state index contributed by atoms with van der Waals surface area (Å²) in [6, 6.07) is 27.2. The summed E-state index contributed by atoms with van der Waals surface area (Å²) >= 11 is 5.16. The summed E-state index contributed by atoms with van der Waals surface area (Å²) in [5, 5.41) is 11.4. The van der Waals surface area contributed by atoms with Gasteiger partial charge in [0.25, 0.3) is 11.1 Å². The van der Waals surface area contributed by atoms with Crippen molar-refractivity contribution in [2.24, 2.45) is 0 Å². The second-order valence-corrected chi connectivity index (χ2v) is 10.2. The first-order valence-electron chi connectivity index (χ1n) is 13.6. The predicted octanol–water partition coefficient (Wildman–Crippen LogP) is 6.85. The van der Waals surface area contributed by atoms with Crippen LogP contribution in [0.3, 0.4) is 0 Å². The highest BCUT2D eigenvalue weighted by molar-refractivity contribution is 6.67. The fraction of sp³-hybridized carbons (Fsp3) is 0.382. The molecule has 0 spiro atoms. The van der Waals surface area contributed by atoms with Gasteiger partial charge in [0, 0.05) is 36.7 Å². The Hall–Kier alpha value is -3.52. The normalized spacial score (nSPS) is 12.8. The first-order valence-corrected chi connectivity index (χ1v) is 14.0. The van der Waals surface area contributed by atoms with Crippen molar-refractivity contribution < 1.29 is 24.2 Å². The molecule has 0 saturated carbocycles. The van der Waals surface area contributed by atoms with Crippen LogP contribution in [0.4, 0.5) is 0 Å². The number of hydrogen-bond donors (Lipinski definition) is 2. The monoisotopic (exact) mass is 598 g/mol. The standard InChI is InChI=1S/C20H23NO3.C7H5ClO.C6H15NO.CH4/c1-15(21(3)19(22)17-10-6-4-7-11-17)14-16(2)24-20(23)18-12-8-5-9-13-18;8-7(9)6-4-2-1-3-5-6;1-5(7-3)4-6(2)8;/h4-13,15-16H,14H2,1-3H3;1-5H;5-8H,4H2,1-3H3;1H4. The molecule has 0 aliphatic heterocycles. The Morgan fingerprint density at radius 2 is 1.21 bits per heavy atom. The van der Waals surface area contributed by atoms with E-state index in [0.29, 0.717) is 29.2 Å². The maximum absolute atomic E-state index is 12.4. The highest BCUT2D eigenvalue weighted by atomic mass is 35.5. The molecule has 0 heterocycles. The lowest BCUT2D eigenvalue weighted by atomic mass is 10.1. The molecule has 3 aromatic carbocycles. The number of amides is 1. The molecule has 0 aliphatic carbocycles. The van der Waals surface area contributed by atoms with E-state index in [4.69, 9.17) is 21.4 Å². The van der Waals surface area contributed by atoms with Crippen molar-refractivity contribution in [1.29, 1.82) is 0 Å². The van der Waals surface area contributed by atoms with Crippen LogP contribution < -0.4 is 5.32 Å². The van der Waals surface area contributed by atoms with Crippen molar-refractivity contribution >= 4 is 28.7 Å². The Kier molecular flexibility index (Phi) is 19.4. The maximum atomic E-state index is 12.4. The predicted molar refractivity (Wildman–Crippen MR) is 172 cm³/mol. The van der Waals surface area contributed by atoms with Crippen LogP contribution in [-0.4, -0.2) is 65.5 Å². The van der Waals surface area contributed by atoms with Crippen LogP contribution in [0.1, 0.15) is 79.0 Å². The fourth-order valence-corrected chi connectivity index (χ4v) is 3.82. The number of hydrogen-bond acceptors (Lipinski definition) is 6. The summed E-state index contributed by atoms with van der Waals surface area (Å²) in [6.07, 6.45) is 0.945. The topological polar surface area (TPSA) is 95.9 Å². The Morgan fingerprint density at radius 1 is 0.786 bits per heavy atom. The molecule has 230 valence electrons. The molecule has 42 heavy (non-hydrogen) atoms. The molecule has 1 amide bonds. The zero-order valence-electron chi connectivity index (χ0n) is 24.8. The molecule has 0 saturated heterocycles.